The molecule has 0 fully saturated rings. The monoisotopic (exact) mass is 471 g/mol. The zero-order valence-electron chi connectivity index (χ0n) is 17.3. The van der Waals surface area contributed by atoms with Crippen molar-refractivity contribution in [3.8, 4) is 5.75 Å². The fourth-order valence-electron chi connectivity index (χ4n) is 2.82. The standard InChI is InChI=1S/C18H25N5O4S3/c1-6-19-30(25,26)17-13(24)11(9-28-17)20-15-16(23-29-22-15)21-14(18(3,4)5)12-8-7-10(2)27-12/h7-9,14,19,24H,6H2,1-5H3,(H,20,22)(H,21,23)/t14-/m0/s1. The normalized spacial score (nSPS) is 13.4. The van der Waals surface area contributed by atoms with Crippen molar-refractivity contribution in [3.63, 3.8) is 0 Å². The van der Waals surface area contributed by atoms with Gasteiger partial charge >= 0.3 is 0 Å². The highest BCUT2D eigenvalue weighted by atomic mass is 32.2. The minimum absolute atomic E-state index is 0.150. The Kier molecular flexibility index (Phi) is 6.41. The largest absolute Gasteiger partial charge is 0.504 e. The molecule has 0 bridgehead atoms. The van der Waals surface area contributed by atoms with Crippen LogP contribution in [0.1, 0.15) is 45.3 Å². The summed E-state index contributed by atoms with van der Waals surface area (Å²) in [5.74, 6) is 2.10. The Morgan fingerprint density at radius 3 is 2.53 bits per heavy atom. The number of thiophene rings is 1. The zero-order valence-corrected chi connectivity index (χ0v) is 19.8. The van der Waals surface area contributed by atoms with Crippen LogP contribution in [0.2, 0.25) is 0 Å². The number of aromatic nitrogens is 2. The summed E-state index contributed by atoms with van der Waals surface area (Å²) in [6, 6.07) is 3.65. The van der Waals surface area contributed by atoms with E-state index in [1.807, 2.05) is 19.1 Å². The Hall–Kier alpha value is -2.15. The highest BCUT2D eigenvalue weighted by Crippen LogP contribution is 2.41. The number of furan rings is 1. The molecular weight excluding hydrogens is 446 g/mol. The molecule has 0 saturated carbocycles. The van der Waals surface area contributed by atoms with E-state index in [0.717, 1.165) is 34.6 Å². The molecule has 12 heteroatoms. The van der Waals surface area contributed by atoms with Crippen molar-refractivity contribution in [1.29, 1.82) is 0 Å². The Labute approximate surface area is 183 Å². The fraction of sp³-hybridized carbons (Fsp3) is 0.444. The van der Waals surface area contributed by atoms with Crippen molar-refractivity contribution in [2.45, 2.75) is 44.9 Å². The van der Waals surface area contributed by atoms with Gasteiger partial charge in [0.15, 0.2) is 21.6 Å². The average Bonchev–Trinajstić information content (AvgIpc) is 3.34. The van der Waals surface area contributed by atoms with Gasteiger partial charge in [0.05, 0.1) is 23.5 Å². The van der Waals surface area contributed by atoms with Crippen LogP contribution in [0.25, 0.3) is 0 Å². The van der Waals surface area contributed by atoms with Gasteiger partial charge in [0.25, 0.3) is 10.0 Å². The zero-order chi connectivity index (χ0) is 22.1. The van der Waals surface area contributed by atoms with Crippen LogP contribution in [0, 0.1) is 12.3 Å². The molecule has 3 heterocycles. The summed E-state index contributed by atoms with van der Waals surface area (Å²) >= 11 is 1.93. The predicted octanol–water partition coefficient (Wildman–Crippen LogP) is 4.45. The fourth-order valence-corrected chi connectivity index (χ4v) is 5.62. The lowest BCUT2D eigenvalue weighted by Gasteiger charge is -2.30. The molecule has 3 aromatic rings. The quantitative estimate of drug-likeness (QED) is 0.379. The summed E-state index contributed by atoms with van der Waals surface area (Å²) in [4.78, 5) is 0. The van der Waals surface area contributed by atoms with Gasteiger partial charge in [-0.3, -0.25) is 0 Å². The highest BCUT2D eigenvalue weighted by Gasteiger charge is 2.31. The number of nitrogens with zero attached hydrogens (tertiary/aromatic N) is 2. The second kappa shape index (κ2) is 8.53. The minimum Gasteiger partial charge on any atom is -0.504 e. The third-order valence-electron chi connectivity index (χ3n) is 4.25. The number of aromatic hydroxyl groups is 1. The van der Waals surface area contributed by atoms with Gasteiger partial charge in [-0.05, 0) is 24.5 Å². The molecule has 0 aliphatic heterocycles. The van der Waals surface area contributed by atoms with E-state index in [2.05, 4.69) is 44.9 Å². The third-order valence-corrected chi connectivity index (χ3v) is 7.83. The number of aryl methyl sites for hydroxylation is 1. The molecule has 0 radical (unpaired) electrons. The van der Waals surface area contributed by atoms with E-state index in [9.17, 15) is 13.5 Å². The summed E-state index contributed by atoms with van der Waals surface area (Å²) < 4.78 is 41.0. The SMILES string of the molecule is CCNS(=O)(=O)c1scc(Nc2nsnc2N[C@@H](c2ccc(C)o2)C(C)(C)C)c1O. The predicted molar refractivity (Wildman–Crippen MR) is 119 cm³/mol. The van der Waals surface area contributed by atoms with E-state index in [-0.39, 0.29) is 33.6 Å². The Morgan fingerprint density at radius 1 is 1.23 bits per heavy atom. The number of anilines is 3. The molecular formula is C18H25N5O4S3. The van der Waals surface area contributed by atoms with Crippen LogP contribution in [0.5, 0.6) is 5.75 Å². The van der Waals surface area contributed by atoms with Crippen molar-refractivity contribution in [3.05, 3.63) is 29.0 Å². The smallest absolute Gasteiger partial charge is 0.253 e. The molecule has 30 heavy (non-hydrogen) atoms. The van der Waals surface area contributed by atoms with Gasteiger partial charge in [-0.25, -0.2) is 13.1 Å². The van der Waals surface area contributed by atoms with Crippen molar-refractivity contribution in [2.75, 3.05) is 17.2 Å². The molecule has 0 aromatic carbocycles. The number of nitrogens with one attached hydrogen (secondary N) is 3. The molecule has 0 aliphatic rings. The maximum Gasteiger partial charge on any atom is 0.253 e. The van der Waals surface area contributed by atoms with E-state index in [0.29, 0.717) is 11.6 Å². The van der Waals surface area contributed by atoms with Crippen LogP contribution in [0.4, 0.5) is 17.3 Å². The van der Waals surface area contributed by atoms with Gasteiger partial charge in [0.1, 0.15) is 11.5 Å². The maximum atomic E-state index is 12.2. The van der Waals surface area contributed by atoms with E-state index < -0.39 is 10.0 Å². The third kappa shape index (κ3) is 4.77. The number of hydrogen-bond acceptors (Lipinski definition) is 10. The summed E-state index contributed by atoms with van der Waals surface area (Å²) in [5.41, 5.74) is 0.0522. The lowest BCUT2D eigenvalue weighted by Crippen LogP contribution is -2.25. The van der Waals surface area contributed by atoms with Crippen LogP contribution >= 0.6 is 23.1 Å². The molecule has 0 unspecified atom stereocenters. The Morgan fingerprint density at radius 2 is 1.93 bits per heavy atom. The van der Waals surface area contributed by atoms with Crippen molar-refractivity contribution in [1.82, 2.24) is 13.5 Å². The first-order valence-corrected chi connectivity index (χ1v) is 12.3. The molecule has 1 atom stereocenters. The molecule has 0 saturated heterocycles. The molecule has 0 spiro atoms. The van der Waals surface area contributed by atoms with Crippen molar-refractivity contribution < 1.29 is 17.9 Å². The van der Waals surface area contributed by atoms with Crippen LogP contribution in [-0.2, 0) is 10.0 Å². The van der Waals surface area contributed by atoms with Gasteiger partial charge in [-0.2, -0.15) is 8.75 Å². The van der Waals surface area contributed by atoms with Crippen LogP contribution in [0.15, 0.2) is 26.1 Å². The maximum absolute atomic E-state index is 12.2. The summed E-state index contributed by atoms with van der Waals surface area (Å²) in [6.45, 7) is 10.0. The Balaban J connectivity index is 1.87. The number of sulfonamides is 1. The summed E-state index contributed by atoms with van der Waals surface area (Å²) in [7, 11) is -3.76. The van der Waals surface area contributed by atoms with Gasteiger partial charge in [0, 0.05) is 11.9 Å². The van der Waals surface area contributed by atoms with Crippen LogP contribution in [0.3, 0.4) is 0 Å². The van der Waals surface area contributed by atoms with Crippen LogP contribution in [-0.4, -0.2) is 28.8 Å². The van der Waals surface area contributed by atoms with Gasteiger partial charge in [-0.15, -0.1) is 11.3 Å². The van der Waals surface area contributed by atoms with Gasteiger partial charge < -0.3 is 20.2 Å². The number of hydrogen-bond donors (Lipinski definition) is 4. The van der Waals surface area contributed by atoms with Crippen molar-refractivity contribution in [2.24, 2.45) is 5.41 Å². The summed E-state index contributed by atoms with van der Waals surface area (Å²) in [5, 5.41) is 18.3. The molecule has 9 nitrogen and oxygen atoms in total. The lowest BCUT2D eigenvalue weighted by molar-refractivity contribution is 0.300. The second-order valence-electron chi connectivity index (χ2n) is 7.76. The lowest BCUT2D eigenvalue weighted by atomic mass is 9.85. The molecule has 3 rings (SSSR count). The van der Waals surface area contributed by atoms with Crippen molar-refractivity contribution >= 4 is 50.4 Å². The van der Waals surface area contributed by atoms with E-state index in [4.69, 9.17) is 4.42 Å². The second-order valence-corrected chi connectivity index (χ2v) is 11.1. The van der Waals surface area contributed by atoms with E-state index in [1.165, 1.54) is 5.38 Å². The molecule has 3 aromatic heterocycles. The molecule has 4 N–H and O–H groups in total. The molecule has 0 amide bonds. The first kappa shape index (κ1) is 22.5. The van der Waals surface area contributed by atoms with Gasteiger partial charge in [0.2, 0.25) is 0 Å². The minimum atomic E-state index is -3.76. The van der Waals surface area contributed by atoms with Crippen LogP contribution < -0.4 is 15.4 Å². The first-order valence-electron chi connectivity index (χ1n) is 9.25. The molecule has 0 aliphatic carbocycles. The van der Waals surface area contributed by atoms with E-state index in [1.54, 1.807) is 6.92 Å². The average molecular weight is 472 g/mol. The molecule has 164 valence electrons. The number of rotatable bonds is 8. The van der Waals surface area contributed by atoms with Gasteiger partial charge in [-0.1, -0.05) is 27.7 Å². The Bertz CT molecular complexity index is 1110. The van der Waals surface area contributed by atoms with E-state index >= 15 is 0 Å². The highest BCUT2D eigenvalue weighted by molar-refractivity contribution is 7.91. The first-order chi connectivity index (χ1) is 14.0. The summed E-state index contributed by atoms with van der Waals surface area (Å²) in [6.07, 6.45) is 0. The topological polar surface area (TPSA) is 129 Å².